The van der Waals surface area contributed by atoms with Crippen LogP contribution in [-0.2, 0) is 9.59 Å². The van der Waals surface area contributed by atoms with Crippen molar-refractivity contribution in [1.29, 1.82) is 0 Å². The molecule has 1 N–H and O–H groups in total. The number of hydrogen-bond donors (Lipinski definition) is 1. The molecule has 4 nitrogen and oxygen atoms in total. The van der Waals surface area contributed by atoms with Crippen LogP contribution in [0.2, 0.25) is 0 Å². The predicted octanol–water partition coefficient (Wildman–Crippen LogP) is 2.94. The highest BCUT2D eigenvalue weighted by Crippen LogP contribution is 2.28. The highest BCUT2D eigenvalue weighted by Gasteiger charge is 2.33. The van der Waals surface area contributed by atoms with E-state index in [0.717, 1.165) is 18.4 Å². The van der Waals surface area contributed by atoms with Gasteiger partial charge in [0.25, 0.3) is 0 Å². The minimum atomic E-state index is -0.889. The van der Waals surface area contributed by atoms with Gasteiger partial charge in [0.2, 0.25) is 5.91 Å². The topological polar surface area (TPSA) is 57.6 Å². The van der Waals surface area contributed by atoms with Gasteiger partial charge in [0.1, 0.15) is 5.82 Å². The molecule has 0 aromatic heterocycles. The number of carbonyl (C=O) groups excluding carboxylic acids is 1. The van der Waals surface area contributed by atoms with Crippen LogP contribution < -0.4 is 0 Å². The summed E-state index contributed by atoms with van der Waals surface area (Å²) in [5.74, 6) is -1.81. The lowest BCUT2D eigenvalue weighted by Crippen LogP contribution is -2.38. The highest BCUT2D eigenvalue weighted by atomic mass is 19.1. The molecule has 1 aromatic rings. The zero-order valence-electron chi connectivity index (χ0n) is 12.5. The highest BCUT2D eigenvalue weighted by molar-refractivity contribution is 5.80. The number of hydrogen-bond acceptors (Lipinski definition) is 2. The third-order valence-corrected chi connectivity index (χ3v) is 3.67. The lowest BCUT2D eigenvalue weighted by molar-refractivity contribution is -0.143. The van der Waals surface area contributed by atoms with Crippen LogP contribution in [0.25, 0.3) is 6.08 Å². The fraction of sp³-hybridized carbons (Fsp3) is 0.412. The van der Waals surface area contributed by atoms with Gasteiger partial charge in [0.15, 0.2) is 0 Å². The second-order valence-electron chi connectivity index (χ2n) is 5.67. The van der Waals surface area contributed by atoms with Crippen molar-refractivity contribution in [1.82, 2.24) is 4.90 Å². The fourth-order valence-electron chi connectivity index (χ4n) is 2.20. The van der Waals surface area contributed by atoms with Crippen LogP contribution in [0.1, 0.15) is 31.7 Å². The molecule has 0 spiro atoms. The largest absolute Gasteiger partial charge is 0.481 e. The van der Waals surface area contributed by atoms with Crippen LogP contribution in [0.15, 0.2) is 30.3 Å². The van der Waals surface area contributed by atoms with E-state index in [1.54, 1.807) is 36.1 Å². The van der Waals surface area contributed by atoms with Gasteiger partial charge in [-0.25, -0.2) is 4.39 Å². The summed E-state index contributed by atoms with van der Waals surface area (Å²) in [6, 6.07) is 6.20. The Labute approximate surface area is 129 Å². The standard InChI is InChI=1S/C17H20FNO3/c1-12(17(21)22)11-19(15-9-10-15)16(20)4-2-3-13-5-7-14(18)8-6-13/h2-3,5-8,12,15H,4,9-11H2,1H3,(H,21,22)/b3-2+. The van der Waals surface area contributed by atoms with E-state index in [2.05, 4.69) is 0 Å². The molecule has 0 bridgehead atoms. The zero-order valence-corrected chi connectivity index (χ0v) is 12.5. The summed E-state index contributed by atoms with van der Waals surface area (Å²) in [5.41, 5.74) is 0.825. The first-order valence-corrected chi connectivity index (χ1v) is 7.41. The molecule has 2 rings (SSSR count). The molecular weight excluding hydrogens is 285 g/mol. The third kappa shape index (κ3) is 4.69. The normalized spacial score (nSPS) is 15.7. The van der Waals surface area contributed by atoms with E-state index in [-0.39, 0.29) is 30.7 Å². The summed E-state index contributed by atoms with van der Waals surface area (Å²) >= 11 is 0. The van der Waals surface area contributed by atoms with Crippen LogP contribution in [0.5, 0.6) is 0 Å². The van der Waals surface area contributed by atoms with Crippen molar-refractivity contribution in [3.05, 3.63) is 41.7 Å². The summed E-state index contributed by atoms with van der Waals surface area (Å²) in [5, 5.41) is 8.98. The number of carbonyl (C=O) groups is 2. The number of rotatable bonds is 7. The molecular formula is C17H20FNO3. The molecule has 118 valence electrons. The van der Waals surface area contributed by atoms with Crippen LogP contribution >= 0.6 is 0 Å². The summed E-state index contributed by atoms with van der Waals surface area (Å²) < 4.78 is 12.8. The molecule has 1 unspecified atom stereocenters. The van der Waals surface area contributed by atoms with Crippen molar-refractivity contribution < 1.29 is 19.1 Å². The predicted molar refractivity (Wildman–Crippen MR) is 81.6 cm³/mol. The first kappa shape index (κ1) is 16.2. The van der Waals surface area contributed by atoms with Crippen molar-refractivity contribution in [3.63, 3.8) is 0 Å². The Morgan fingerprint density at radius 2 is 2.00 bits per heavy atom. The number of aliphatic carboxylic acids is 1. The van der Waals surface area contributed by atoms with Gasteiger partial charge in [0, 0.05) is 19.0 Å². The molecule has 5 heteroatoms. The van der Waals surface area contributed by atoms with E-state index in [4.69, 9.17) is 5.11 Å². The van der Waals surface area contributed by atoms with Gasteiger partial charge < -0.3 is 10.0 Å². The van der Waals surface area contributed by atoms with Gasteiger partial charge in [-0.05, 0) is 30.5 Å². The average molecular weight is 305 g/mol. The Balaban J connectivity index is 1.91. The van der Waals surface area contributed by atoms with Crippen LogP contribution in [-0.4, -0.2) is 34.5 Å². The maximum atomic E-state index is 12.8. The summed E-state index contributed by atoms with van der Waals surface area (Å²) in [6.07, 6.45) is 5.61. The monoisotopic (exact) mass is 305 g/mol. The lowest BCUT2D eigenvalue weighted by atomic mass is 10.1. The quantitative estimate of drug-likeness (QED) is 0.842. The molecule has 1 atom stereocenters. The SMILES string of the molecule is CC(CN(C(=O)C/C=C/c1ccc(F)cc1)C1CC1)C(=O)O. The summed E-state index contributed by atoms with van der Waals surface area (Å²) in [7, 11) is 0. The van der Waals surface area contributed by atoms with Gasteiger partial charge in [0.05, 0.1) is 5.92 Å². The first-order valence-electron chi connectivity index (χ1n) is 7.41. The number of nitrogens with zero attached hydrogens (tertiary/aromatic N) is 1. The van der Waals surface area contributed by atoms with E-state index in [1.165, 1.54) is 12.1 Å². The smallest absolute Gasteiger partial charge is 0.308 e. The molecule has 1 aliphatic carbocycles. The number of amides is 1. The van der Waals surface area contributed by atoms with Gasteiger partial charge in [-0.15, -0.1) is 0 Å². The Kier molecular flexibility index (Phi) is 5.31. The van der Waals surface area contributed by atoms with Crippen molar-refractivity contribution in [2.45, 2.75) is 32.2 Å². The Hall–Kier alpha value is -2.17. The minimum absolute atomic E-state index is 0.0611. The van der Waals surface area contributed by atoms with E-state index in [9.17, 15) is 14.0 Å². The maximum absolute atomic E-state index is 12.8. The van der Waals surface area contributed by atoms with E-state index < -0.39 is 11.9 Å². The fourth-order valence-corrected chi connectivity index (χ4v) is 2.20. The van der Waals surface area contributed by atoms with Crippen molar-refractivity contribution in [2.24, 2.45) is 5.92 Å². The molecule has 0 aliphatic heterocycles. The zero-order chi connectivity index (χ0) is 16.1. The number of benzene rings is 1. The van der Waals surface area contributed by atoms with E-state index in [0.29, 0.717) is 0 Å². The van der Waals surface area contributed by atoms with Crippen LogP contribution in [0.4, 0.5) is 4.39 Å². The Morgan fingerprint density at radius 3 is 2.55 bits per heavy atom. The van der Waals surface area contributed by atoms with Crippen molar-refractivity contribution in [2.75, 3.05) is 6.54 Å². The number of halogens is 1. The van der Waals surface area contributed by atoms with E-state index >= 15 is 0 Å². The van der Waals surface area contributed by atoms with Gasteiger partial charge in [-0.1, -0.05) is 31.2 Å². The molecule has 1 aliphatic rings. The van der Waals surface area contributed by atoms with E-state index in [1.807, 2.05) is 0 Å². The molecule has 0 saturated heterocycles. The van der Waals surface area contributed by atoms with Gasteiger partial charge >= 0.3 is 5.97 Å². The second-order valence-corrected chi connectivity index (χ2v) is 5.67. The Bertz CT molecular complexity index is 564. The molecule has 1 saturated carbocycles. The number of carboxylic acids is 1. The molecule has 22 heavy (non-hydrogen) atoms. The Morgan fingerprint density at radius 1 is 1.36 bits per heavy atom. The van der Waals surface area contributed by atoms with Crippen LogP contribution in [0, 0.1) is 11.7 Å². The molecule has 1 fully saturated rings. The first-order chi connectivity index (χ1) is 10.5. The van der Waals surface area contributed by atoms with Crippen molar-refractivity contribution in [3.8, 4) is 0 Å². The number of carboxylic acid groups (broad SMARTS) is 1. The average Bonchev–Trinajstić information content (AvgIpc) is 3.30. The molecule has 0 radical (unpaired) electrons. The maximum Gasteiger partial charge on any atom is 0.308 e. The lowest BCUT2D eigenvalue weighted by Gasteiger charge is -2.23. The van der Waals surface area contributed by atoms with Crippen molar-refractivity contribution >= 4 is 18.0 Å². The third-order valence-electron chi connectivity index (χ3n) is 3.67. The summed E-state index contributed by atoms with van der Waals surface area (Å²) in [6.45, 7) is 1.86. The van der Waals surface area contributed by atoms with Gasteiger partial charge in [-0.3, -0.25) is 9.59 Å². The molecule has 1 aromatic carbocycles. The molecule has 0 heterocycles. The summed E-state index contributed by atoms with van der Waals surface area (Å²) in [4.78, 5) is 24.9. The van der Waals surface area contributed by atoms with Crippen LogP contribution in [0.3, 0.4) is 0 Å². The minimum Gasteiger partial charge on any atom is -0.481 e. The second kappa shape index (κ2) is 7.20. The van der Waals surface area contributed by atoms with Gasteiger partial charge in [-0.2, -0.15) is 0 Å². The molecule has 1 amide bonds.